The number of nitrogens with one attached hydrogen (secondary N) is 1. The molecular formula is C19H13Cl2N7O2S. The molecule has 4 rings (SSSR count). The predicted octanol–water partition coefficient (Wildman–Crippen LogP) is 4.32. The van der Waals surface area contributed by atoms with Crippen LogP contribution in [0.2, 0.25) is 10.0 Å². The highest BCUT2D eigenvalue weighted by Gasteiger charge is 2.14. The van der Waals surface area contributed by atoms with Crippen LogP contribution in [0.4, 0.5) is 5.13 Å². The normalized spacial score (nSPS) is 11.5. The fourth-order valence-corrected chi connectivity index (χ4v) is 3.50. The predicted molar refractivity (Wildman–Crippen MR) is 120 cm³/mol. The van der Waals surface area contributed by atoms with Crippen molar-refractivity contribution in [2.75, 3.05) is 5.43 Å². The van der Waals surface area contributed by atoms with Crippen LogP contribution in [0.3, 0.4) is 0 Å². The number of aromatic nitrogens is 5. The number of thiazole rings is 1. The number of benzene rings is 1. The van der Waals surface area contributed by atoms with Crippen molar-refractivity contribution in [2.45, 2.75) is 6.54 Å². The van der Waals surface area contributed by atoms with E-state index in [1.165, 1.54) is 16.0 Å². The van der Waals surface area contributed by atoms with Gasteiger partial charge in [0.05, 0.1) is 34.2 Å². The van der Waals surface area contributed by atoms with Crippen LogP contribution in [-0.2, 0) is 11.3 Å². The molecule has 0 bridgehead atoms. The van der Waals surface area contributed by atoms with Crippen LogP contribution < -0.4 is 5.43 Å². The first-order valence-electron chi connectivity index (χ1n) is 8.78. The minimum Gasteiger partial charge on any atom is -0.477 e. The maximum atomic E-state index is 11.6. The number of hydrogen-bond acceptors (Lipinski definition) is 8. The molecule has 1 aromatic carbocycles. The second kappa shape index (κ2) is 9.21. The van der Waals surface area contributed by atoms with Gasteiger partial charge in [0.15, 0.2) is 5.71 Å². The zero-order valence-corrected chi connectivity index (χ0v) is 17.9. The van der Waals surface area contributed by atoms with E-state index in [0.717, 1.165) is 5.56 Å². The first-order chi connectivity index (χ1) is 15.0. The van der Waals surface area contributed by atoms with Gasteiger partial charge in [0.2, 0.25) is 5.13 Å². The molecular weight excluding hydrogens is 461 g/mol. The molecule has 0 fully saturated rings. The Morgan fingerprint density at radius 1 is 1.16 bits per heavy atom. The van der Waals surface area contributed by atoms with Crippen LogP contribution in [0.1, 0.15) is 0 Å². The number of aliphatic carboxylic acids is 1. The molecule has 0 unspecified atom stereocenters. The summed E-state index contributed by atoms with van der Waals surface area (Å²) >= 11 is 13.3. The number of carboxylic acids is 1. The van der Waals surface area contributed by atoms with Gasteiger partial charge in [-0.15, -0.1) is 16.4 Å². The zero-order valence-electron chi connectivity index (χ0n) is 15.6. The first-order valence-corrected chi connectivity index (χ1v) is 10.4. The van der Waals surface area contributed by atoms with Gasteiger partial charge in [-0.3, -0.25) is 10.4 Å². The second-order valence-corrected chi connectivity index (χ2v) is 7.83. The molecule has 4 aromatic rings. The van der Waals surface area contributed by atoms with Gasteiger partial charge in [-0.1, -0.05) is 40.5 Å². The van der Waals surface area contributed by atoms with E-state index in [1.54, 1.807) is 48.1 Å². The molecule has 3 aromatic heterocycles. The van der Waals surface area contributed by atoms with Crippen molar-refractivity contribution >= 4 is 51.4 Å². The average molecular weight is 474 g/mol. The third-order valence-corrected chi connectivity index (χ3v) is 5.52. The molecule has 156 valence electrons. The van der Waals surface area contributed by atoms with E-state index in [1.807, 2.05) is 6.07 Å². The Morgan fingerprint density at radius 2 is 2.03 bits per heavy atom. The van der Waals surface area contributed by atoms with Gasteiger partial charge in [-0.25, -0.2) is 14.5 Å². The lowest BCUT2D eigenvalue weighted by atomic mass is 10.2. The zero-order chi connectivity index (χ0) is 21.8. The summed E-state index contributed by atoms with van der Waals surface area (Å²) < 4.78 is 1.38. The summed E-state index contributed by atoms with van der Waals surface area (Å²) in [5.41, 5.74) is 5.13. The lowest BCUT2D eigenvalue weighted by Crippen LogP contribution is -2.21. The third kappa shape index (κ3) is 5.05. The maximum Gasteiger partial charge on any atom is 0.354 e. The van der Waals surface area contributed by atoms with Crippen LogP contribution in [0.25, 0.3) is 22.6 Å². The summed E-state index contributed by atoms with van der Waals surface area (Å²) in [4.78, 5) is 20.2. The Hall–Kier alpha value is -3.34. The van der Waals surface area contributed by atoms with Crippen molar-refractivity contribution < 1.29 is 9.90 Å². The fourth-order valence-electron chi connectivity index (χ4n) is 2.54. The lowest BCUT2D eigenvalue weighted by molar-refractivity contribution is -0.129. The molecule has 12 heteroatoms. The number of halogens is 2. The van der Waals surface area contributed by atoms with Crippen LogP contribution in [0.5, 0.6) is 0 Å². The minimum absolute atomic E-state index is 0.0901. The molecule has 0 atom stereocenters. The molecule has 0 aliphatic heterocycles. The average Bonchev–Trinajstić information content (AvgIpc) is 3.43. The van der Waals surface area contributed by atoms with E-state index in [2.05, 4.69) is 30.8 Å². The number of carbonyl (C=O) groups is 1. The minimum atomic E-state index is -1.19. The van der Waals surface area contributed by atoms with Gasteiger partial charge in [-0.2, -0.15) is 5.10 Å². The van der Waals surface area contributed by atoms with Gasteiger partial charge in [0.1, 0.15) is 5.69 Å². The third-order valence-electron chi connectivity index (χ3n) is 4.03. The highest BCUT2D eigenvalue weighted by molar-refractivity contribution is 7.14. The molecule has 3 heterocycles. The molecule has 0 saturated heterocycles. The van der Waals surface area contributed by atoms with Gasteiger partial charge in [0.25, 0.3) is 0 Å². The van der Waals surface area contributed by atoms with Gasteiger partial charge < -0.3 is 5.11 Å². The van der Waals surface area contributed by atoms with Gasteiger partial charge >= 0.3 is 5.97 Å². The number of carboxylic acid groups (broad SMARTS) is 1. The molecule has 31 heavy (non-hydrogen) atoms. The summed E-state index contributed by atoms with van der Waals surface area (Å²) in [5, 5.41) is 24.5. The quantitative estimate of drug-likeness (QED) is 0.303. The Balaban J connectivity index is 1.48. The summed E-state index contributed by atoms with van der Waals surface area (Å²) in [5.74, 6) is -1.19. The summed E-state index contributed by atoms with van der Waals surface area (Å²) in [6, 6.07) is 10.6. The SMILES string of the molecule is O=C(O)/C(Cn1cc(-c2ccccn2)nn1)=N\Nc1nc(-c2ccc(Cl)c(Cl)c2)cs1. The van der Waals surface area contributed by atoms with Crippen LogP contribution in [0, 0.1) is 0 Å². The first kappa shape index (κ1) is 20.9. The molecule has 0 saturated carbocycles. The van der Waals surface area contributed by atoms with E-state index in [-0.39, 0.29) is 12.3 Å². The number of nitrogens with zero attached hydrogens (tertiary/aromatic N) is 6. The van der Waals surface area contributed by atoms with Crippen molar-refractivity contribution in [1.29, 1.82) is 0 Å². The Kier molecular flexibility index (Phi) is 6.21. The molecule has 9 nitrogen and oxygen atoms in total. The molecule has 2 N–H and O–H groups in total. The topological polar surface area (TPSA) is 118 Å². The molecule has 0 aliphatic carbocycles. The summed E-state index contributed by atoms with van der Waals surface area (Å²) in [6.45, 7) is -0.0901. The lowest BCUT2D eigenvalue weighted by Gasteiger charge is -2.02. The van der Waals surface area contributed by atoms with Crippen molar-refractivity contribution in [3.8, 4) is 22.6 Å². The second-order valence-electron chi connectivity index (χ2n) is 6.16. The smallest absolute Gasteiger partial charge is 0.354 e. The van der Waals surface area contributed by atoms with Crippen molar-refractivity contribution in [2.24, 2.45) is 5.10 Å². The number of anilines is 1. The van der Waals surface area contributed by atoms with Crippen LogP contribution in [-0.4, -0.2) is 41.7 Å². The number of pyridine rings is 1. The molecule has 0 amide bonds. The molecule has 0 radical (unpaired) electrons. The Morgan fingerprint density at radius 3 is 2.77 bits per heavy atom. The number of hydrogen-bond donors (Lipinski definition) is 2. The highest BCUT2D eigenvalue weighted by Crippen LogP contribution is 2.30. The molecule has 0 aliphatic rings. The van der Waals surface area contributed by atoms with E-state index < -0.39 is 5.97 Å². The van der Waals surface area contributed by atoms with Crippen molar-refractivity contribution in [3.63, 3.8) is 0 Å². The largest absolute Gasteiger partial charge is 0.477 e. The standard InChI is InChI=1S/C19H13Cl2N7O2S/c20-12-5-4-11(7-13(12)21)17-10-31-19(23-17)26-24-16(18(29)30)9-28-8-15(25-27-28)14-3-1-2-6-22-14/h1-8,10H,9H2,(H,23,26)(H,29,30)/b24-16-. The summed E-state index contributed by atoms with van der Waals surface area (Å²) in [6.07, 6.45) is 3.25. The van der Waals surface area contributed by atoms with E-state index in [4.69, 9.17) is 23.2 Å². The van der Waals surface area contributed by atoms with Crippen molar-refractivity contribution in [1.82, 2.24) is 25.0 Å². The molecule has 0 spiro atoms. The van der Waals surface area contributed by atoms with E-state index in [0.29, 0.717) is 32.3 Å². The Labute approximate surface area is 190 Å². The van der Waals surface area contributed by atoms with Crippen molar-refractivity contribution in [3.05, 3.63) is 64.2 Å². The monoisotopic (exact) mass is 473 g/mol. The fraction of sp³-hybridized carbons (Fsp3) is 0.0526. The maximum absolute atomic E-state index is 11.6. The summed E-state index contributed by atoms with van der Waals surface area (Å²) in [7, 11) is 0. The van der Waals surface area contributed by atoms with E-state index >= 15 is 0 Å². The highest BCUT2D eigenvalue weighted by atomic mass is 35.5. The number of rotatable bonds is 7. The van der Waals surface area contributed by atoms with E-state index in [9.17, 15) is 9.90 Å². The van der Waals surface area contributed by atoms with Gasteiger partial charge in [-0.05, 0) is 24.3 Å². The number of hydrazone groups is 1. The van der Waals surface area contributed by atoms with Crippen LogP contribution >= 0.6 is 34.5 Å². The Bertz CT molecular complexity index is 1260. The van der Waals surface area contributed by atoms with Crippen LogP contribution in [0.15, 0.2) is 59.3 Å². The van der Waals surface area contributed by atoms with Gasteiger partial charge in [0, 0.05) is 17.1 Å².